The van der Waals surface area contributed by atoms with Gasteiger partial charge in [-0.2, -0.15) is 13.5 Å². The van der Waals surface area contributed by atoms with E-state index in [4.69, 9.17) is 0 Å². The predicted octanol–water partition coefficient (Wildman–Crippen LogP) is 3.66. The predicted molar refractivity (Wildman–Crippen MR) is 71.5 cm³/mol. The molecule has 2 heteroatoms. The van der Waals surface area contributed by atoms with Crippen molar-refractivity contribution in [3.63, 3.8) is 0 Å². The second kappa shape index (κ2) is 9.85. The first kappa shape index (κ1) is 16.7. The molecule has 0 aromatic heterocycles. The van der Waals surface area contributed by atoms with E-state index < -0.39 is 0 Å². The Morgan fingerprint density at radius 1 is 1.07 bits per heavy atom. The van der Waals surface area contributed by atoms with Crippen molar-refractivity contribution in [2.24, 2.45) is 5.92 Å². The summed E-state index contributed by atoms with van der Waals surface area (Å²) in [6.45, 7) is 13.6. The molecule has 14 heavy (non-hydrogen) atoms. The third kappa shape index (κ3) is 5.92. The molecule has 1 rings (SSSR count). The molecule has 0 saturated carbocycles. The molecule has 0 aromatic rings. The topological polar surface area (TPSA) is 3.24 Å². The van der Waals surface area contributed by atoms with Crippen LogP contribution in [0.3, 0.4) is 0 Å². The van der Waals surface area contributed by atoms with Crippen LogP contribution in [0, 0.1) is 5.92 Å². The van der Waals surface area contributed by atoms with Crippen molar-refractivity contribution in [1.82, 2.24) is 4.90 Å². The van der Waals surface area contributed by atoms with Crippen molar-refractivity contribution < 1.29 is 0 Å². The fourth-order valence-corrected chi connectivity index (χ4v) is 1.93. The van der Waals surface area contributed by atoms with Gasteiger partial charge in [-0.25, -0.2) is 0 Å². The number of hydrogen-bond donors (Lipinski definition) is 0. The summed E-state index contributed by atoms with van der Waals surface area (Å²) in [4.78, 5) is 2.60. The summed E-state index contributed by atoms with van der Waals surface area (Å²) in [5.74, 6) is 0.953. The quantitative estimate of drug-likeness (QED) is 0.650. The van der Waals surface area contributed by atoms with E-state index in [0.29, 0.717) is 0 Å². The Hall–Kier alpha value is 0.310. The molecule has 2 atom stereocenters. The van der Waals surface area contributed by atoms with E-state index >= 15 is 0 Å². The highest BCUT2D eigenvalue weighted by molar-refractivity contribution is 7.59. The van der Waals surface area contributed by atoms with Gasteiger partial charge in [-0.3, -0.25) is 0 Å². The molecule has 88 valence electrons. The molecule has 0 aromatic carbocycles. The summed E-state index contributed by atoms with van der Waals surface area (Å²) >= 11 is 0. The van der Waals surface area contributed by atoms with E-state index in [1.807, 2.05) is 13.8 Å². The van der Waals surface area contributed by atoms with Crippen LogP contribution in [0.25, 0.3) is 0 Å². The second-order valence-corrected chi connectivity index (χ2v) is 3.95. The van der Waals surface area contributed by atoms with Gasteiger partial charge in [0.1, 0.15) is 0 Å². The summed E-state index contributed by atoms with van der Waals surface area (Å²) in [7, 11) is 0. The Morgan fingerprint density at radius 3 is 2.14 bits per heavy atom. The third-order valence-corrected chi connectivity index (χ3v) is 3.02. The van der Waals surface area contributed by atoms with Crippen molar-refractivity contribution in [2.75, 3.05) is 13.1 Å². The van der Waals surface area contributed by atoms with E-state index in [-0.39, 0.29) is 13.5 Å². The van der Waals surface area contributed by atoms with Crippen LogP contribution in [-0.4, -0.2) is 24.0 Å². The summed E-state index contributed by atoms with van der Waals surface area (Å²) < 4.78 is 0. The molecular weight excluding hydrogens is 190 g/mol. The summed E-state index contributed by atoms with van der Waals surface area (Å²) in [6, 6.07) is 0.824. The Kier molecular flexibility index (Phi) is 11.8. The van der Waals surface area contributed by atoms with Gasteiger partial charge in [-0.1, -0.05) is 27.7 Å². The molecule has 1 aliphatic heterocycles. The summed E-state index contributed by atoms with van der Waals surface area (Å²) in [6.07, 6.45) is 4.23. The van der Waals surface area contributed by atoms with E-state index in [2.05, 4.69) is 25.7 Å². The molecule has 0 bridgehead atoms. The highest BCUT2D eigenvalue weighted by Crippen LogP contribution is 2.20. The molecular formula is C12H29NS. The lowest BCUT2D eigenvalue weighted by atomic mass is 10.0. The average Bonchev–Trinajstić information content (AvgIpc) is 2.33. The first-order valence-electron chi connectivity index (χ1n) is 5.98. The highest BCUT2D eigenvalue weighted by atomic mass is 32.1. The first-order chi connectivity index (χ1) is 6.24. The van der Waals surface area contributed by atoms with Crippen LogP contribution in [0.4, 0.5) is 0 Å². The number of nitrogens with zero attached hydrogens (tertiary/aromatic N) is 1. The van der Waals surface area contributed by atoms with Crippen LogP contribution in [0.15, 0.2) is 0 Å². The Morgan fingerprint density at radius 2 is 1.64 bits per heavy atom. The van der Waals surface area contributed by atoms with Crippen LogP contribution in [0.5, 0.6) is 0 Å². The van der Waals surface area contributed by atoms with Crippen molar-refractivity contribution >= 4 is 13.5 Å². The molecule has 1 heterocycles. The molecule has 1 fully saturated rings. The fraction of sp³-hybridized carbons (Fsp3) is 1.00. The lowest BCUT2D eigenvalue weighted by Crippen LogP contribution is -2.32. The molecule has 2 unspecified atom stereocenters. The number of hydrogen-bond acceptors (Lipinski definition) is 1. The van der Waals surface area contributed by atoms with Gasteiger partial charge in [0, 0.05) is 6.04 Å². The minimum Gasteiger partial charge on any atom is -0.301 e. The van der Waals surface area contributed by atoms with Gasteiger partial charge in [0.15, 0.2) is 0 Å². The van der Waals surface area contributed by atoms with Crippen molar-refractivity contribution in [3.05, 3.63) is 0 Å². The van der Waals surface area contributed by atoms with Crippen LogP contribution in [0.1, 0.15) is 53.9 Å². The maximum atomic E-state index is 2.60. The maximum absolute atomic E-state index is 2.60. The fourth-order valence-electron chi connectivity index (χ4n) is 1.93. The molecule has 0 spiro atoms. The monoisotopic (exact) mass is 219 g/mol. The molecule has 0 N–H and O–H groups in total. The molecule has 1 nitrogen and oxygen atoms in total. The second-order valence-electron chi connectivity index (χ2n) is 3.95. The van der Waals surface area contributed by atoms with E-state index in [1.54, 1.807) is 0 Å². The SMILES string of the molecule is CC.CCN1CCC(C)CCC1C.S. The van der Waals surface area contributed by atoms with Crippen molar-refractivity contribution in [2.45, 2.75) is 59.9 Å². The lowest BCUT2D eigenvalue weighted by molar-refractivity contribution is 0.224. The number of likely N-dealkylation sites (tertiary alicyclic amines) is 1. The normalized spacial score (nSPS) is 28.1. The largest absolute Gasteiger partial charge is 0.301 e. The Labute approximate surface area is 97.7 Å². The zero-order valence-corrected chi connectivity index (χ0v) is 11.6. The molecule has 0 amide bonds. The summed E-state index contributed by atoms with van der Waals surface area (Å²) in [5.41, 5.74) is 0. The van der Waals surface area contributed by atoms with Crippen LogP contribution in [0.2, 0.25) is 0 Å². The van der Waals surface area contributed by atoms with Crippen LogP contribution >= 0.6 is 13.5 Å². The van der Waals surface area contributed by atoms with Crippen LogP contribution < -0.4 is 0 Å². The smallest absolute Gasteiger partial charge is 0.00669 e. The maximum Gasteiger partial charge on any atom is 0.00669 e. The van der Waals surface area contributed by atoms with Crippen LogP contribution in [-0.2, 0) is 0 Å². The third-order valence-electron chi connectivity index (χ3n) is 3.02. The van der Waals surface area contributed by atoms with Gasteiger partial charge in [-0.05, 0) is 45.2 Å². The van der Waals surface area contributed by atoms with Gasteiger partial charge in [-0.15, -0.1) is 0 Å². The molecule has 0 radical (unpaired) electrons. The lowest BCUT2D eigenvalue weighted by Gasteiger charge is -2.24. The van der Waals surface area contributed by atoms with Crippen molar-refractivity contribution in [1.29, 1.82) is 0 Å². The van der Waals surface area contributed by atoms with E-state index in [0.717, 1.165) is 12.0 Å². The standard InChI is InChI=1S/C10H21N.C2H6.H2S/c1-4-11-8-7-9(2)5-6-10(11)3;1-2;/h9-10H,4-8H2,1-3H3;1-2H3;1H2. The Balaban J connectivity index is 0. The average molecular weight is 219 g/mol. The van der Waals surface area contributed by atoms with Gasteiger partial charge in [0.25, 0.3) is 0 Å². The first-order valence-corrected chi connectivity index (χ1v) is 5.98. The zero-order chi connectivity index (χ0) is 10.3. The molecule has 0 aliphatic carbocycles. The highest BCUT2D eigenvalue weighted by Gasteiger charge is 2.17. The van der Waals surface area contributed by atoms with E-state index in [9.17, 15) is 0 Å². The van der Waals surface area contributed by atoms with Crippen molar-refractivity contribution in [3.8, 4) is 0 Å². The van der Waals surface area contributed by atoms with Gasteiger partial charge < -0.3 is 4.90 Å². The zero-order valence-electron chi connectivity index (χ0n) is 10.6. The molecule has 1 saturated heterocycles. The summed E-state index contributed by atoms with van der Waals surface area (Å²) in [5, 5.41) is 0. The van der Waals surface area contributed by atoms with Gasteiger partial charge >= 0.3 is 0 Å². The minimum absolute atomic E-state index is 0. The van der Waals surface area contributed by atoms with Gasteiger partial charge in [0.05, 0.1) is 0 Å². The molecule has 1 aliphatic rings. The minimum atomic E-state index is 0. The van der Waals surface area contributed by atoms with Gasteiger partial charge in [0.2, 0.25) is 0 Å². The number of rotatable bonds is 1. The Bertz CT molecular complexity index is 117. The van der Waals surface area contributed by atoms with E-state index in [1.165, 1.54) is 32.4 Å².